The van der Waals surface area contributed by atoms with Crippen LogP contribution in [0.25, 0.3) is 16.6 Å². The molecule has 0 radical (unpaired) electrons. The second-order valence-electron chi connectivity index (χ2n) is 5.27. The van der Waals surface area contributed by atoms with Crippen LogP contribution in [0.4, 0.5) is 0 Å². The van der Waals surface area contributed by atoms with Gasteiger partial charge in [-0.25, -0.2) is 4.68 Å². The molecular formula is C17H20N4. The highest BCUT2D eigenvalue weighted by Gasteiger charge is 2.16. The monoisotopic (exact) mass is 280 g/mol. The van der Waals surface area contributed by atoms with Gasteiger partial charge in [0.25, 0.3) is 0 Å². The Kier molecular flexibility index (Phi) is 3.47. The van der Waals surface area contributed by atoms with Crippen molar-refractivity contribution in [3.05, 3.63) is 53.0 Å². The number of rotatable bonds is 3. The number of nitrogens with zero attached hydrogens (tertiary/aromatic N) is 3. The molecule has 0 aliphatic carbocycles. The lowest BCUT2D eigenvalue weighted by Gasteiger charge is -2.13. The van der Waals surface area contributed by atoms with E-state index in [1.54, 1.807) is 0 Å². The second-order valence-corrected chi connectivity index (χ2v) is 5.27. The summed E-state index contributed by atoms with van der Waals surface area (Å²) < 4.78 is 2.03. The highest BCUT2D eigenvalue weighted by molar-refractivity contribution is 5.88. The Labute approximate surface area is 124 Å². The minimum Gasteiger partial charge on any atom is -0.326 e. The van der Waals surface area contributed by atoms with E-state index in [9.17, 15) is 0 Å². The van der Waals surface area contributed by atoms with Gasteiger partial charge in [0.1, 0.15) is 0 Å². The number of nitrogens with two attached hydrogens (primary N) is 1. The maximum absolute atomic E-state index is 5.93. The predicted molar refractivity (Wildman–Crippen MR) is 85.6 cm³/mol. The molecule has 0 aliphatic heterocycles. The molecule has 2 heterocycles. The first-order valence-corrected chi connectivity index (χ1v) is 7.29. The zero-order valence-corrected chi connectivity index (χ0v) is 12.7. The highest BCUT2D eigenvalue weighted by Crippen LogP contribution is 2.27. The van der Waals surface area contributed by atoms with Gasteiger partial charge in [-0.15, -0.1) is 0 Å². The van der Waals surface area contributed by atoms with E-state index in [2.05, 4.69) is 31.8 Å². The van der Waals surface area contributed by atoms with E-state index < -0.39 is 0 Å². The fourth-order valence-corrected chi connectivity index (χ4v) is 2.97. The maximum Gasteiger partial charge on any atom is 0.0803 e. The van der Waals surface area contributed by atoms with Crippen molar-refractivity contribution in [2.75, 3.05) is 0 Å². The van der Waals surface area contributed by atoms with Gasteiger partial charge in [-0.2, -0.15) is 5.10 Å². The van der Waals surface area contributed by atoms with Gasteiger partial charge >= 0.3 is 0 Å². The summed E-state index contributed by atoms with van der Waals surface area (Å²) in [7, 11) is 0. The Morgan fingerprint density at radius 2 is 1.95 bits per heavy atom. The summed E-state index contributed by atoms with van der Waals surface area (Å²) in [5, 5.41) is 5.83. The van der Waals surface area contributed by atoms with Crippen LogP contribution in [0.2, 0.25) is 0 Å². The second kappa shape index (κ2) is 5.30. The van der Waals surface area contributed by atoms with Crippen LogP contribution < -0.4 is 5.73 Å². The molecule has 1 aromatic carbocycles. The van der Waals surface area contributed by atoms with Crippen LogP contribution in [0.3, 0.4) is 0 Å². The van der Waals surface area contributed by atoms with E-state index in [-0.39, 0.29) is 0 Å². The van der Waals surface area contributed by atoms with Crippen LogP contribution in [0.1, 0.15) is 29.4 Å². The molecule has 4 nitrogen and oxygen atoms in total. The van der Waals surface area contributed by atoms with Crippen molar-refractivity contribution < 1.29 is 0 Å². The van der Waals surface area contributed by atoms with E-state index in [0.717, 1.165) is 34.3 Å². The molecule has 108 valence electrons. The van der Waals surface area contributed by atoms with Crippen molar-refractivity contribution in [2.24, 2.45) is 5.73 Å². The van der Waals surface area contributed by atoms with Crippen molar-refractivity contribution in [2.45, 2.75) is 33.7 Å². The molecule has 0 saturated carbocycles. The van der Waals surface area contributed by atoms with Gasteiger partial charge in [-0.3, -0.25) is 4.98 Å². The normalized spacial score (nSPS) is 11.2. The smallest absolute Gasteiger partial charge is 0.0803 e. The van der Waals surface area contributed by atoms with Gasteiger partial charge in [-0.1, -0.05) is 25.1 Å². The molecule has 0 fully saturated rings. The molecule has 0 aliphatic rings. The van der Waals surface area contributed by atoms with Gasteiger partial charge in [-0.05, 0) is 31.9 Å². The third kappa shape index (κ3) is 2.12. The number of aryl methyl sites for hydroxylation is 1. The van der Waals surface area contributed by atoms with Crippen molar-refractivity contribution >= 4 is 10.9 Å². The van der Waals surface area contributed by atoms with Crippen LogP contribution in [0.5, 0.6) is 0 Å². The van der Waals surface area contributed by atoms with Gasteiger partial charge < -0.3 is 5.73 Å². The van der Waals surface area contributed by atoms with Crippen LogP contribution in [0, 0.1) is 13.8 Å². The Morgan fingerprint density at radius 1 is 1.19 bits per heavy atom. The minimum absolute atomic E-state index is 0.451. The average molecular weight is 280 g/mol. The van der Waals surface area contributed by atoms with Gasteiger partial charge in [0.05, 0.1) is 16.9 Å². The number of pyridine rings is 1. The molecule has 4 heteroatoms. The number of fused-ring (bicyclic) bond motifs is 1. The molecule has 0 bridgehead atoms. The molecule has 0 unspecified atom stereocenters. The molecule has 2 aromatic heterocycles. The van der Waals surface area contributed by atoms with E-state index in [1.165, 1.54) is 11.3 Å². The summed E-state index contributed by atoms with van der Waals surface area (Å²) in [5.41, 5.74) is 12.5. The summed E-state index contributed by atoms with van der Waals surface area (Å²) in [6.45, 7) is 6.80. The topological polar surface area (TPSA) is 56.7 Å². The molecule has 3 rings (SSSR count). The minimum atomic E-state index is 0.451. The predicted octanol–water partition coefficient (Wildman–Crippen LogP) is 3.06. The van der Waals surface area contributed by atoms with E-state index in [1.807, 2.05) is 29.1 Å². The standard InChI is InChI=1S/C17H20N4/c1-4-14-11(2)20-21(12(14)3)17-13(9-18)10-19-16-8-6-5-7-15(16)17/h5-8,10H,4,9,18H2,1-3H3. The molecule has 3 aromatic rings. The lowest BCUT2D eigenvalue weighted by atomic mass is 10.1. The summed E-state index contributed by atoms with van der Waals surface area (Å²) in [6, 6.07) is 8.13. The molecule has 0 spiro atoms. The van der Waals surface area contributed by atoms with Crippen molar-refractivity contribution in [1.29, 1.82) is 0 Å². The highest BCUT2D eigenvalue weighted by atomic mass is 15.3. The summed E-state index contributed by atoms with van der Waals surface area (Å²) in [5.74, 6) is 0. The molecule has 0 saturated heterocycles. The van der Waals surface area contributed by atoms with E-state index >= 15 is 0 Å². The first-order valence-electron chi connectivity index (χ1n) is 7.29. The van der Waals surface area contributed by atoms with Gasteiger partial charge in [0, 0.05) is 29.4 Å². The average Bonchev–Trinajstić information content (AvgIpc) is 2.80. The number of hydrogen-bond donors (Lipinski definition) is 1. The summed E-state index contributed by atoms with van der Waals surface area (Å²) in [4.78, 5) is 4.50. The van der Waals surface area contributed by atoms with E-state index in [0.29, 0.717) is 6.54 Å². The largest absolute Gasteiger partial charge is 0.326 e. The SMILES string of the molecule is CCc1c(C)nn(-c2c(CN)cnc3ccccc23)c1C. The zero-order chi connectivity index (χ0) is 15.0. The Bertz CT molecular complexity index is 802. The van der Waals surface area contributed by atoms with E-state index in [4.69, 9.17) is 10.8 Å². The molecule has 0 atom stereocenters. The Morgan fingerprint density at radius 3 is 2.62 bits per heavy atom. The lowest BCUT2D eigenvalue weighted by molar-refractivity contribution is 0.821. The quantitative estimate of drug-likeness (QED) is 0.802. The van der Waals surface area contributed by atoms with Crippen molar-refractivity contribution in [3.8, 4) is 5.69 Å². The lowest BCUT2D eigenvalue weighted by Crippen LogP contribution is -2.09. The molecule has 2 N–H and O–H groups in total. The molecular weight excluding hydrogens is 260 g/mol. The van der Waals surface area contributed by atoms with Crippen molar-refractivity contribution in [3.63, 3.8) is 0 Å². The number of hydrogen-bond acceptors (Lipinski definition) is 3. The Balaban J connectivity index is 2.38. The Hall–Kier alpha value is -2.20. The first kappa shape index (κ1) is 13.8. The van der Waals surface area contributed by atoms with Crippen molar-refractivity contribution in [1.82, 2.24) is 14.8 Å². The number of aromatic nitrogens is 3. The maximum atomic E-state index is 5.93. The number of para-hydroxylation sites is 1. The van der Waals surface area contributed by atoms with Gasteiger partial charge in [0.15, 0.2) is 0 Å². The van der Waals surface area contributed by atoms with Crippen LogP contribution in [-0.2, 0) is 13.0 Å². The number of benzene rings is 1. The third-order valence-corrected chi connectivity index (χ3v) is 4.05. The first-order chi connectivity index (χ1) is 10.2. The fourth-order valence-electron chi connectivity index (χ4n) is 2.97. The van der Waals surface area contributed by atoms with Crippen LogP contribution in [0.15, 0.2) is 30.5 Å². The van der Waals surface area contributed by atoms with Gasteiger partial charge in [0.2, 0.25) is 0 Å². The summed E-state index contributed by atoms with van der Waals surface area (Å²) in [6.07, 6.45) is 2.85. The fraction of sp³-hybridized carbons (Fsp3) is 0.294. The third-order valence-electron chi connectivity index (χ3n) is 4.05. The zero-order valence-electron chi connectivity index (χ0n) is 12.7. The molecule has 0 amide bonds. The summed E-state index contributed by atoms with van der Waals surface area (Å²) >= 11 is 0. The molecule has 21 heavy (non-hydrogen) atoms. The van der Waals surface area contributed by atoms with Crippen LogP contribution >= 0.6 is 0 Å². The van der Waals surface area contributed by atoms with Crippen LogP contribution in [-0.4, -0.2) is 14.8 Å².